The van der Waals surface area contributed by atoms with Crippen LogP contribution in [0.25, 0.3) is 0 Å². The van der Waals surface area contributed by atoms with Gasteiger partial charge in [-0.25, -0.2) is 9.97 Å². The van der Waals surface area contributed by atoms with Gasteiger partial charge >= 0.3 is 0 Å². The van der Waals surface area contributed by atoms with Crippen molar-refractivity contribution in [3.05, 3.63) is 52.3 Å². The summed E-state index contributed by atoms with van der Waals surface area (Å²) < 4.78 is 1.54. The van der Waals surface area contributed by atoms with Crippen LogP contribution in [-0.2, 0) is 6.54 Å². The molecule has 0 saturated heterocycles. The van der Waals surface area contributed by atoms with E-state index >= 15 is 0 Å². The molecule has 0 aliphatic rings. The maximum atomic E-state index is 11.6. The lowest BCUT2D eigenvalue weighted by Crippen LogP contribution is -2.20. The number of hydrogen-bond acceptors (Lipinski definition) is 4. The molecule has 5 nitrogen and oxygen atoms in total. The summed E-state index contributed by atoms with van der Waals surface area (Å²) in [6, 6.07) is 5.06. The Balaban J connectivity index is 2.31. The Kier molecular flexibility index (Phi) is 2.68. The Morgan fingerprint density at radius 3 is 2.94 bits per heavy atom. The Labute approximate surface area is 92.6 Å². The molecule has 2 rings (SSSR count). The maximum absolute atomic E-state index is 11.6. The van der Waals surface area contributed by atoms with E-state index in [4.69, 9.17) is 5.73 Å². The summed E-state index contributed by atoms with van der Waals surface area (Å²) in [5.74, 6) is 0.941. The number of aromatic nitrogens is 3. The molecule has 0 unspecified atom stereocenters. The zero-order chi connectivity index (χ0) is 11.5. The summed E-state index contributed by atoms with van der Waals surface area (Å²) in [6.07, 6.45) is 3.31. The second-order valence-corrected chi connectivity index (χ2v) is 3.57. The molecular formula is C11H12N4O. The van der Waals surface area contributed by atoms with E-state index in [0.717, 1.165) is 5.56 Å². The zero-order valence-corrected chi connectivity index (χ0v) is 8.92. The van der Waals surface area contributed by atoms with Gasteiger partial charge in [0.15, 0.2) is 0 Å². The van der Waals surface area contributed by atoms with Gasteiger partial charge in [0, 0.05) is 18.5 Å². The van der Waals surface area contributed by atoms with Crippen LogP contribution in [0.3, 0.4) is 0 Å². The highest BCUT2D eigenvalue weighted by atomic mass is 16.1. The van der Waals surface area contributed by atoms with Crippen LogP contribution in [0.5, 0.6) is 0 Å². The third-order valence-electron chi connectivity index (χ3n) is 2.19. The van der Waals surface area contributed by atoms with Gasteiger partial charge in [-0.2, -0.15) is 0 Å². The number of nitrogen functional groups attached to an aromatic ring is 1. The second-order valence-electron chi connectivity index (χ2n) is 3.57. The summed E-state index contributed by atoms with van der Waals surface area (Å²) in [4.78, 5) is 19.7. The zero-order valence-electron chi connectivity index (χ0n) is 8.92. The molecule has 0 bridgehead atoms. The first-order valence-electron chi connectivity index (χ1n) is 4.89. The Hall–Kier alpha value is -2.17. The third kappa shape index (κ3) is 2.25. The molecule has 0 spiro atoms. The topological polar surface area (TPSA) is 73.8 Å². The van der Waals surface area contributed by atoms with Crippen molar-refractivity contribution >= 4 is 5.82 Å². The van der Waals surface area contributed by atoms with Gasteiger partial charge in [0.2, 0.25) is 0 Å². The molecule has 2 aromatic heterocycles. The fourth-order valence-electron chi connectivity index (χ4n) is 1.38. The Morgan fingerprint density at radius 1 is 1.44 bits per heavy atom. The van der Waals surface area contributed by atoms with Crippen molar-refractivity contribution in [3.63, 3.8) is 0 Å². The number of aryl methyl sites for hydroxylation is 1. The van der Waals surface area contributed by atoms with Gasteiger partial charge in [-0.15, -0.1) is 0 Å². The molecule has 0 radical (unpaired) electrons. The first kappa shape index (κ1) is 10.4. The van der Waals surface area contributed by atoms with Crippen molar-refractivity contribution in [2.75, 3.05) is 5.73 Å². The van der Waals surface area contributed by atoms with Crippen molar-refractivity contribution in [1.29, 1.82) is 0 Å². The monoisotopic (exact) mass is 216 g/mol. The summed E-state index contributed by atoms with van der Waals surface area (Å²) >= 11 is 0. The summed E-state index contributed by atoms with van der Waals surface area (Å²) in [6.45, 7) is 2.22. The standard InChI is InChI=1S/C11H12N4O/c1-8-3-5-15(11(16)6-8)7-10-13-4-2-9(12)14-10/h2-6H,7H2,1H3,(H2,12,13,14). The molecule has 0 fully saturated rings. The molecule has 0 amide bonds. The minimum Gasteiger partial charge on any atom is -0.384 e. The highest BCUT2D eigenvalue weighted by Crippen LogP contribution is 1.98. The Bertz CT molecular complexity index is 562. The summed E-state index contributed by atoms with van der Waals surface area (Å²) in [5.41, 5.74) is 6.41. The molecule has 16 heavy (non-hydrogen) atoms. The largest absolute Gasteiger partial charge is 0.384 e. The molecule has 0 aromatic carbocycles. The van der Waals surface area contributed by atoms with Crippen molar-refractivity contribution < 1.29 is 0 Å². The maximum Gasteiger partial charge on any atom is 0.251 e. The van der Waals surface area contributed by atoms with Crippen LogP contribution in [0, 0.1) is 6.92 Å². The molecule has 5 heteroatoms. The van der Waals surface area contributed by atoms with Gasteiger partial charge in [0.1, 0.15) is 11.6 Å². The predicted molar refractivity (Wildman–Crippen MR) is 61.0 cm³/mol. The van der Waals surface area contributed by atoms with Gasteiger partial charge in [-0.3, -0.25) is 4.79 Å². The summed E-state index contributed by atoms with van der Waals surface area (Å²) in [7, 11) is 0. The average molecular weight is 216 g/mol. The molecule has 0 atom stereocenters. The lowest BCUT2D eigenvalue weighted by Gasteiger charge is -2.04. The van der Waals surface area contributed by atoms with Crippen LogP contribution in [0.1, 0.15) is 11.4 Å². The van der Waals surface area contributed by atoms with Crippen molar-refractivity contribution in [3.8, 4) is 0 Å². The lowest BCUT2D eigenvalue weighted by molar-refractivity contribution is 0.714. The molecule has 2 heterocycles. The number of nitrogens with two attached hydrogens (primary N) is 1. The average Bonchev–Trinajstić information content (AvgIpc) is 2.22. The molecule has 2 N–H and O–H groups in total. The Morgan fingerprint density at radius 2 is 2.25 bits per heavy atom. The molecule has 0 aliphatic carbocycles. The number of rotatable bonds is 2. The number of pyridine rings is 1. The lowest BCUT2D eigenvalue weighted by atomic mass is 10.3. The third-order valence-corrected chi connectivity index (χ3v) is 2.19. The fourth-order valence-corrected chi connectivity index (χ4v) is 1.38. The predicted octanol–water partition coefficient (Wildman–Crippen LogP) is 0.577. The highest BCUT2D eigenvalue weighted by molar-refractivity contribution is 5.25. The van der Waals surface area contributed by atoms with Crippen molar-refractivity contribution in [2.24, 2.45) is 0 Å². The molecule has 0 aliphatic heterocycles. The van der Waals surface area contributed by atoms with E-state index in [-0.39, 0.29) is 5.56 Å². The van der Waals surface area contributed by atoms with E-state index in [2.05, 4.69) is 9.97 Å². The van der Waals surface area contributed by atoms with Crippen molar-refractivity contribution in [1.82, 2.24) is 14.5 Å². The van der Waals surface area contributed by atoms with Crippen LogP contribution in [-0.4, -0.2) is 14.5 Å². The molecule has 82 valence electrons. The van der Waals surface area contributed by atoms with Crippen LogP contribution in [0.4, 0.5) is 5.82 Å². The van der Waals surface area contributed by atoms with Gasteiger partial charge in [0.25, 0.3) is 5.56 Å². The number of hydrogen-bond donors (Lipinski definition) is 1. The van der Waals surface area contributed by atoms with E-state index in [0.29, 0.717) is 18.2 Å². The van der Waals surface area contributed by atoms with E-state index in [9.17, 15) is 4.79 Å². The van der Waals surface area contributed by atoms with E-state index in [1.54, 1.807) is 29.1 Å². The van der Waals surface area contributed by atoms with Gasteiger partial charge in [-0.1, -0.05) is 0 Å². The van der Waals surface area contributed by atoms with Gasteiger partial charge < -0.3 is 10.3 Å². The summed E-state index contributed by atoms with van der Waals surface area (Å²) in [5, 5.41) is 0. The van der Waals surface area contributed by atoms with E-state index in [1.807, 2.05) is 13.0 Å². The smallest absolute Gasteiger partial charge is 0.251 e. The minimum atomic E-state index is -0.0639. The van der Waals surface area contributed by atoms with Crippen molar-refractivity contribution in [2.45, 2.75) is 13.5 Å². The fraction of sp³-hybridized carbons (Fsp3) is 0.182. The highest BCUT2D eigenvalue weighted by Gasteiger charge is 2.00. The van der Waals surface area contributed by atoms with E-state index < -0.39 is 0 Å². The molecule has 0 saturated carbocycles. The van der Waals surface area contributed by atoms with E-state index in [1.165, 1.54) is 0 Å². The minimum absolute atomic E-state index is 0.0639. The van der Waals surface area contributed by atoms with Crippen LogP contribution in [0.15, 0.2) is 35.4 Å². The first-order valence-corrected chi connectivity index (χ1v) is 4.89. The number of nitrogens with zero attached hydrogens (tertiary/aromatic N) is 3. The SMILES string of the molecule is Cc1ccn(Cc2nccc(N)n2)c(=O)c1. The normalized spacial score (nSPS) is 10.3. The molecular weight excluding hydrogens is 204 g/mol. The molecule has 2 aromatic rings. The number of anilines is 1. The van der Waals surface area contributed by atoms with Crippen LogP contribution in [0.2, 0.25) is 0 Å². The first-order chi connectivity index (χ1) is 7.65. The van der Waals surface area contributed by atoms with Crippen LogP contribution >= 0.6 is 0 Å². The van der Waals surface area contributed by atoms with Gasteiger partial charge in [0.05, 0.1) is 6.54 Å². The second kappa shape index (κ2) is 4.14. The van der Waals surface area contributed by atoms with Gasteiger partial charge in [-0.05, 0) is 24.6 Å². The van der Waals surface area contributed by atoms with Crippen LogP contribution < -0.4 is 11.3 Å². The quantitative estimate of drug-likeness (QED) is 0.796.